The molecule has 0 aliphatic carbocycles. The van der Waals surface area contributed by atoms with Crippen molar-refractivity contribution < 1.29 is 36.6 Å². The predicted octanol–water partition coefficient (Wildman–Crippen LogP) is 4.56. The maximum Gasteiger partial charge on any atom is 0.573 e. The molecule has 0 fully saturated rings. The van der Waals surface area contributed by atoms with E-state index in [9.17, 15) is 27.2 Å². The van der Waals surface area contributed by atoms with Crippen molar-refractivity contribution in [1.29, 1.82) is 0 Å². The molecule has 1 N–H and O–H groups in total. The van der Waals surface area contributed by atoms with Gasteiger partial charge in [-0.1, -0.05) is 11.6 Å². The summed E-state index contributed by atoms with van der Waals surface area (Å²) in [5.41, 5.74) is -0.290. The number of amides is 1. The van der Waals surface area contributed by atoms with E-state index in [2.05, 4.69) is 10.1 Å². The number of halogens is 5. The van der Waals surface area contributed by atoms with Gasteiger partial charge in [-0.05, 0) is 49.4 Å². The number of alkyl halides is 3. The first-order valence-electron chi connectivity index (χ1n) is 7.38. The van der Waals surface area contributed by atoms with Crippen molar-refractivity contribution in [2.45, 2.75) is 19.4 Å². The van der Waals surface area contributed by atoms with E-state index in [1.165, 1.54) is 25.1 Å². The molecule has 10 heteroatoms. The van der Waals surface area contributed by atoms with Crippen LogP contribution in [0.2, 0.25) is 5.02 Å². The number of nitrogens with one attached hydrogen (secondary N) is 1. The lowest BCUT2D eigenvalue weighted by molar-refractivity contribution is -0.274. The summed E-state index contributed by atoms with van der Waals surface area (Å²) in [7, 11) is 0. The van der Waals surface area contributed by atoms with Gasteiger partial charge in [0, 0.05) is 10.7 Å². The summed E-state index contributed by atoms with van der Waals surface area (Å²) in [5, 5.41) is 2.45. The first-order chi connectivity index (χ1) is 12.5. The second-order valence-corrected chi connectivity index (χ2v) is 5.67. The Balaban J connectivity index is 1.97. The van der Waals surface area contributed by atoms with Crippen LogP contribution in [0.25, 0.3) is 0 Å². The summed E-state index contributed by atoms with van der Waals surface area (Å²) in [6.07, 6.45) is -6.13. The zero-order valence-electron chi connectivity index (χ0n) is 13.6. The fourth-order valence-electron chi connectivity index (χ4n) is 1.92. The summed E-state index contributed by atoms with van der Waals surface area (Å²) in [5.74, 6) is -3.18. The number of hydrogen-bond donors (Lipinski definition) is 1. The smallest absolute Gasteiger partial charge is 0.449 e. The molecule has 0 bridgehead atoms. The van der Waals surface area contributed by atoms with E-state index in [4.69, 9.17) is 16.3 Å². The Morgan fingerprint density at radius 2 is 1.74 bits per heavy atom. The number of ether oxygens (including phenoxy) is 2. The second kappa shape index (κ2) is 8.26. The van der Waals surface area contributed by atoms with Crippen LogP contribution in [0.4, 0.5) is 23.2 Å². The lowest BCUT2D eigenvalue weighted by Gasteiger charge is -2.14. The van der Waals surface area contributed by atoms with Gasteiger partial charge in [0.05, 0.1) is 5.56 Å². The lowest BCUT2D eigenvalue weighted by atomic mass is 10.2. The minimum absolute atomic E-state index is 0.113. The Hall–Kier alpha value is -2.81. The summed E-state index contributed by atoms with van der Waals surface area (Å²) < 4.78 is 58.5. The molecule has 144 valence electrons. The quantitative estimate of drug-likeness (QED) is 0.585. The summed E-state index contributed by atoms with van der Waals surface area (Å²) in [4.78, 5) is 24.0. The maximum atomic E-state index is 13.6. The third-order valence-electron chi connectivity index (χ3n) is 3.16. The number of rotatable bonds is 5. The number of esters is 1. The molecule has 2 aromatic carbocycles. The molecule has 2 rings (SSSR count). The zero-order valence-corrected chi connectivity index (χ0v) is 14.4. The fourth-order valence-corrected chi connectivity index (χ4v) is 2.09. The maximum absolute atomic E-state index is 13.6. The van der Waals surface area contributed by atoms with Crippen LogP contribution < -0.4 is 10.1 Å². The van der Waals surface area contributed by atoms with E-state index >= 15 is 0 Å². The van der Waals surface area contributed by atoms with Gasteiger partial charge >= 0.3 is 12.3 Å². The fraction of sp³-hybridized carbons (Fsp3) is 0.176. The van der Waals surface area contributed by atoms with Gasteiger partial charge < -0.3 is 14.8 Å². The number of benzene rings is 2. The van der Waals surface area contributed by atoms with Gasteiger partial charge in [-0.15, -0.1) is 13.2 Å². The van der Waals surface area contributed by atoms with Crippen LogP contribution >= 0.6 is 11.6 Å². The van der Waals surface area contributed by atoms with Gasteiger partial charge in [0.15, 0.2) is 6.10 Å². The monoisotopic (exact) mass is 405 g/mol. The topological polar surface area (TPSA) is 64.6 Å². The normalized spacial score (nSPS) is 12.2. The lowest BCUT2D eigenvalue weighted by Crippen LogP contribution is -2.30. The highest BCUT2D eigenvalue weighted by molar-refractivity contribution is 6.30. The molecule has 0 aliphatic heterocycles. The van der Waals surface area contributed by atoms with E-state index in [1.54, 1.807) is 0 Å². The van der Waals surface area contributed by atoms with Crippen molar-refractivity contribution in [1.82, 2.24) is 0 Å². The molecule has 0 saturated carbocycles. The molecule has 0 radical (unpaired) electrons. The van der Waals surface area contributed by atoms with Gasteiger partial charge in [0.1, 0.15) is 11.6 Å². The van der Waals surface area contributed by atoms with Crippen molar-refractivity contribution in [2.24, 2.45) is 0 Å². The largest absolute Gasteiger partial charge is 0.573 e. The number of hydrogen-bond acceptors (Lipinski definition) is 4. The Morgan fingerprint density at radius 3 is 2.33 bits per heavy atom. The third kappa shape index (κ3) is 6.14. The van der Waals surface area contributed by atoms with Crippen LogP contribution in [-0.2, 0) is 9.53 Å². The van der Waals surface area contributed by atoms with Gasteiger partial charge in [-0.2, -0.15) is 0 Å². The molecule has 2 aromatic rings. The van der Waals surface area contributed by atoms with Crippen molar-refractivity contribution in [2.75, 3.05) is 5.32 Å². The SMILES string of the molecule is CC(OC(=O)c1cc(Cl)ccc1F)C(=O)Nc1ccc(OC(F)(F)F)cc1. The number of carbonyl (C=O) groups is 2. The summed E-state index contributed by atoms with van der Waals surface area (Å²) >= 11 is 5.69. The van der Waals surface area contributed by atoms with Crippen LogP contribution in [0.3, 0.4) is 0 Å². The molecule has 1 unspecified atom stereocenters. The van der Waals surface area contributed by atoms with Crippen LogP contribution in [-0.4, -0.2) is 24.3 Å². The molecule has 0 aliphatic rings. The Bertz CT molecular complexity index is 840. The number of anilines is 1. The molecule has 1 amide bonds. The van der Waals surface area contributed by atoms with Crippen LogP contribution in [0.1, 0.15) is 17.3 Å². The standard InChI is InChI=1S/C17H12ClF4NO4/c1-9(26-16(25)13-8-10(18)2-7-14(13)19)15(24)23-11-3-5-12(6-4-11)27-17(20,21)22/h2-9H,1H3,(H,23,24). The minimum Gasteiger partial charge on any atom is -0.449 e. The van der Waals surface area contributed by atoms with Crippen molar-refractivity contribution >= 4 is 29.2 Å². The average Bonchev–Trinajstić information content (AvgIpc) is 2.57. The number of carbonyl (C=O) groups excluding carboxylic acids is 2. The Kier molecular flexibility index (Phi) is 6.27. The molecule has 0 heterocycles. The molecule has 1 atom stereocenters. The van der Waals surface area contributed by atoms with E-state index in [0.717, 1.165) is 24.3 Å². The van der Waals surface area contributed by atoms with E-state index in [1.807, 2.05) is 0 Å². The Morgan fingerprint density at radius 1 is 1.11 bits per heavy atom. The van der Waals surface area contributed by atoms with Gasteiger partial charge in [-0.25, -0.2) is 9.18 Å². The highest BCUT2D eigenvalue weighted by Crippen LogP contribution is 2.24. The van der Waals surface area contributed by atoms with Crippen LogP contribution in [0.15, 0.2) is 42.5 Å². The molecular weight excluding hydrogens is 394 g/mol. The van der Waals surface area contributed by atoms with E-state index in [-0.39, 0.29) is 10.7 Å². The van der Waals surface area contributed by atoms with Crippen LogP contribution in [0.5, 0.6) is 5.75 Å². The molecule has 0 saturated heterocycles. The first kappa shape index (κ1) is 20.5. The summed E-state index contributed by atoms with van der Waals surface area (Å²) in [6.45, 7) is 1.25. The first-order valence-corrected chi connectivity index (χ1v) is 7.75. The molecular formula is C17H12ClF4NO4. The molecule has 0 spiro atoms. The van der Waals surface area contributed by atoms with Crippen molar-refractivity contribution in [3.8, 4) is 5.75 Å². The molecule has 0 aromatic heterocycles. The second-order valence-electron chi connectivity index (χ2n) is 5.23. The van der Waals surface area contributed by atoms with Gasteiger partial charge in [0.25, 0.3) is 5.91 Å². The third-order valence-corrected chi connectivity index (χ3v) is 3.39. The van der Waals surface area contributed by atoms with Gasteiger partial charge in [-0.3, -0.25) is 4.79 Å². The molecule has 27 heavy (non-hydrogen) atoms. The zero-order chi connectivity index (χ0) is 20.2. The highest BCUT2D eigenvalue weighted by atomic mass is 35.5. The molecule has 5 nitrogen and oxygen atoms in total. The van der Waals surface area contributed by atoms with E-state index < -0.39 is 41.5 Å². The van der Waals surface area contributed by atoms with Crippen molar-refractivity contribution in [3.63, 3.8) is 0 Å². The predicted molar refractivity (Wildman–Crippen MR) is 88.0 cm³/mol. The van der Waals surface area contributed by atoms with Crippen molar-refractivity contribution in [3.05, 3.63) is 58.9 Å². The summed E-state index contributed by atoms with van der Waals surface area (Å²) in [6, 6.07) is 7.63. The van der Waals surface area contributed by atoms with Gasteiger partial charge in [0.2, 0.25) is 0 Å². The minimum atomic E-state index is -4.83. The van der Waals surface area contributed by atoms with Crippen LogP contribution in [0, 0.1) is 5.82 Å². The van der Waals surface area contributed by atoms with E-state index in [0.29, 0.717) is 0 Å². The Labute approximate surface area is 155 Å². The average molecular weight is 406 g/mol. The highest BCUT2D eigenvalue weighted by Gasteiger charge is 2.31.